The van der Waals surface area contributed by atoms with Gasteiger partial charge in [-0.05, 0) is 67.4 Å². The molecule has 0 saturated heterocycles. The van der Waals surface area contributed by atoms with Crippen molar-refractivity contribution in [1.29, 1.82) is 0 Å². The normalized spacial score (nSPS) is 11.2. The van der Waals surface area contributed by atoms with Crippen molar-refractivity contribution < 1.29 is 14.2 Å². The van der Waals surface area contributed by atoms with Crippen molar-refractivity contribution >= 4 is 24.1 Å². The first kappa shape index (κ1) is 22.0. The number of benzene rings is 2. The van der Waals surface area contributed by atoms with E-state index in [-0.39, 0.29) is 0 Å². The highest BCUT2D eigenvalue weighted by atomic mass is 32.1. The average molecular weight is 399 g/mol. The smallest absolute Gasteiger partial charge is 0.127 e. The SMILES string of the molecule is C=C(Oc1ccc(/C(=C\CC)OCCS)cc1)c1ccc(OCCCC)cc1. The molecule has 28 heavy (non-hydrogen) atoms. The van der Waals surface area contributed by atoms with E-state index in [1.54, 1.807) is 0 Å². The summed E-state index contributed by atoms with van der Waals surface area (Å²) in [5, 5.41) is 0. The predicted octanol–water partition coefficient (Wildman–Crippen LogP) is 6.61. The highest BCUT2D eigenvalue weighted by Crippen LogP contribution is 2.25. The zero-order valence-corrected chi connectivity index (χ0v) is 17.7. The third-order valence-corrected chi connectivity index (χ3v) is 4.24. The first-order valence-corrected chi connectivity index (χ1v) is 10.4. The van der Waals surface area contributed by atoms with Crippen LogP contribution in [0, 0.1) is 0 Å². The van der Waals surface area contributed by atoms with Gasteiger partial charge in [0.05, 0.1) is 13.2 Å². The molecule has 150 valence electrons. The Balaban J connectivity index is 1.97. The summed E-state index contributed by atoms with van der Waals surface area (Å²) in [6.45, 7) is 9.61. The van der Waals surface area contributed by atoms with Gasteiger partial charge in [0.1, 0.15) is 23.0 Å². The van der Waals surface area contributed by atoms with E-state index in [0.717, 1.165) is 54.3 Å². The molecule has 2 rings (SSSR count). The molecule has 3 nitrogen and oxygen atoms in total. The lowest BCUT2D eigenvalue weighted by Crippen LogP contribution is -1.98. The van der Waals surface area contributed by atoms with Crippen LogP contribution in [0.15, 0.2) is 61.2 Å². The standard InChI is InChI=1S/C24H30O3S/c1-4-6-16-25-22-12-8-20(9-13-22)19(3)27-23-14-10-21(11-15-23)24(7-5-2)26-17-18-28/h7-15,28H,3-6,16-18H2,1-2H3/b24-7+. The molecule has 0 aromatic heterocycles. The molecule has 0 heterocycles. The Labute approximate surface area is 174 Å². The zero-order chi connectivity index (χ0) is 20.2. The molecule has 0 radical (unpaired) electrons. The third kappa shape index (κ3) is 7.01. The molecule has 0 bridgehead atoms. The van der Waals surface area contributed by atoms with Gasteiger partial charge < -0.3 is 14.2 Å². The second kappa shape index (κ2) is 12.2. The van der Waals surface area contributed by atoms with Crippen LogP contribution in [-0.4, -0.2) is 19.0 Å². The summed E-state index contributed by atoms with van der Waals surface area (Å²) in [6, 6.07) is 15.7. The van der Waals surface area contributed by atoms with Gasteiger partial charge >= 0.3 is 0 Å². The van der Waals surface area contributed by atoms with Crippen LogP contribution in [0.2, 0.25) is 0 Å². The second-order valence-electron chi connectivity index (χ2n) is 6.32. The first-order chi connectivity index (χ1) is 13.7. The molecule has 0 amide bonds. The maximum absolute atomic E-state index is 5.91. The Bertz CT molecular complexity index is 748. The maximum Gasteiger partial charge on any atom is 0.127 e. The summed E-state index contributed by atoms with van der Waals surface area (Å²) >= 11 is 4.20. The average Bonchev–Trinajstić information content (AvgIpc) is 2.72. The van der Waals surface area contributed by atoms with Crippen LogP contribution in [0.3, 0.4) is 0 Å². The van der Waals surface area contributed by atoms with E-state index in [0.29, 0.717) is 18.1 Å². The largest absolute Gasteiger partial charge is 0.494 e. The van der Waals surface area contributed by atoms with Crippen LogP contribution in [0.25, 0.3) is 11.5 Å². The van der Waals surface area contributed by atoms with Crippen molar-refractivity contribution in [2.45, 2.75) is 33.1 Å². The van der Waals surface area contributed by atoms with Crippen molar-refractivity contribution in [3.63, 3.8) is 0 Å². The Morgan fingerprint density at radius 2 is 1.57 bits per heavy atom. The topological polar surface area (TPSA) is 27.7 Å². The number of hydrogen-bond acceptors (Lipinski definition) is 4. The fourth-order valence-electron chi connectivity index (χ4n) is 2.56. The molecule has 0 aliphatic carbocycles. The lowest BCUT2D eigenvalue weighted by Gasteiger charge is -2.12. The number of hydrogen-bond donors (Lipinski definition) is 1. The minimum absolute atomic E-state index is 0.585. The van der Waals surface area contributed by atoms with Gasteiger partial charge in [-0.25, -0.2) is 0 Å². The van der Waals surface area contributed by atoms with Gasteiger partial charge in [-0.3, -0.25) is 0 Å². The van der Waals surface area contributed by atoms with Gasteiger partial charge in [0, 0.05) is 16.9 Å². The molecular weight excluding hydrogens is 368 g/mol. The van der Waals surface area contributed by atoms with Crippen molar-refractivity contribution in [3.8, 4) is 11.5 Å². The predicted molar refractivity (Wildman–Crippen MR) is 121 cm³/mol. The van der Waals surface area contributed by atoms with Crippen LogP contribution in [-0.2, 0) is 4.74 Å². The van der Waals surface area contributed by atoms with Crippen LogP contribution < -0.4 is 9.47 Å². The lowest BCUT2D eigenvalue weighted by atomic mass is 10.1. The number of allylic oxidation sites excluding steroid dienone is 1. The van der Waals surface area contributed by atoms with Gasteiger partial charge in [-0.15, -0.1) is 0 Å². The Morgan fingerprint density at radius 3 is 2.18 bits per heavy atom. The lowest BCUT2D eigenvalue weighted by molar-refractivity contribution is 0.301. The van der Waals surface area contributed by atoms with Crippen molar-refractivity contribution in [3.05, 3.63) is 72.3 Å². The highest BCUT2D eigenvalue weighted by Gasteiger charge is 2.06. The summed E-state index contributed by atoms with van der Waals surface area (Å²) in [6.07, 6.45) is 5.17. The summed E-state index contributed by atoms with van der Waals surface area (Å²) in [4.78, 5) is 0. The zero-order valence-electron chi connectivity index (χ0n) is 16.8. The number of rotatable bonds is 12. The van der Waals surface area contributed by atoms with E-state index < -0.39 is 0 Å². The molecule has 0 atom stereocenters. The van der Waals surface area contributed by atoms with E-state index in [2.05, 4.69) is 39.1 Å². The summed E-state index contributed by atoms with van der Waals surface area (Å²) in [5.41, 5.74) is 1.95. The fraction of sp³-hybridized carbons (Fsp3) is 0.333. The molecule has 0 aliphatic heterocycles. The third-order valence-electron chi connectivity index (χ3n) is 4.06. The summed E-state index contributed by atoms with van der Waals surface area (Å²) < 4.78 is 17.4. The second-order valence-corrected chi connectivity index (χ2v) is 6.77. The number of unbranched alkanes of at least 4 members (excludes halogenated alkanes) is 1. The molecule has 0 saturated carbocycles. The number of ether oxygens (including phenoxy) is 3. The van der Waals surface area contributed by atoms with Crippen molar-refractivity contribution in [1.82, 2.24) is 0 Å². The first-order valence-electron chi connectivity index (χ1n) is 9.82. The van der Waals surface area contributed by atoms with E-state index in [4.69, 9.17) is 14.2 Å². The van der Waals surface area contributed by atoms with Crippen LogP contribution in [0.4, 0.5) is 0 Å². The van der Waals surface area contributed by atoms with E-state index in [9.17, 15) is 0 Å². The fourth-order valence-corrected chi connectivity index (χ4v) is 2.65. The van der Waals surface area contributed by atoms with Crippen molar-refractivity contribution in [2.75, 3.05) is 19.0 Å². The minimum Gasteiger partial charge on any atom is -0.494 e. The Kier molecular flexibility index (Phi) is 9.56. The van der Waals surface area contributed by atoms with E-state index in [1.165, 1.54) is 0 Å². The molecule has 0 unspecified atom stereocenters. The summed E-state index contributed by atoms with van der Waals surface area (Å²) in [7, 11) is 0. The van der Waals surface area contributed by atoms with Gasteiger partial charge in [0.2, 0.25) is 0 Å². The molecule has 2 aromatic rings. The van der Waals surface area contributed by atoms with Crippen LogP contribution in [0.5, 0.6) is 11.5 Å². The van der Waals surface area contributed by atoms with Gasteiger partial charge in [0.25, 0.3) is 0 Å². The maximum atomic E-state index is 5.91. The van der Waals surface area contributed by atoms with E-state index >= 15 is 0 Å². The molecule has 0 aliphatic rings. The number of thiol groups is 1. The molecular formula is C24H30O3S. The van der Waals surface area contributed by atoms with Gasteiger partial charge in [-0.1, -0.05) is 26.8 Å². The molecule has 0 N–H and O–H groups in total. The quantitative estimate of drug-likeness (QED) is 0.247. The molecule has 0 fully saturated rings. The highest BCUT2D eigenvalue weighted by molar-refractivity contribution is 7.80. The monoisotopic (exact) mass is 398 g/mol. The van der Waals surface area contributed by atoms with Crippen LogP contribution in [0.1, 0.15) is 44.2 Å². The Hall–Kier alpha value is -2.33. The molecule has 2 aromatic carbocycles. The van der Waals surface area contributed by atoms with Crippen LogP contribution >= 0.6 is 12.6 Å². The van der Waals surface area contributed by atoms with Crippen molar-refractivity contribution in [2.24, 2.45) is 0 Å². The summed E-state index contributed by atoms with van der Waals surface area (Å²) in [5.74, 6) is 3.77. The van der Waals surface area contributed by atoms with Gasteiger partial charge in [0.15, 0.2) is 0 Å². The molecule has 4 heteroatoms. The van der Waals surface area contributed by atoms with E-state index in [1.807, 2.05) is 48.5 Å². The molecule has 0 spiro atoms. The minimum atomic E-state index is 0.585. The Morgan fingerprint density at radius 1 is 0.929 bits per heavy atom. The van der Waals surface area contributed by atoms with Gasteiger partial charge in [-0.2, -0.15) is 12.6 Å².